The van der Waals surface area contributed by atoms with E-state index in [1.807, 2.05) is 6.07 Å². The normalized spacial score (nSPS) is 13.8. The van der Waals surface area contributed by atoms with Gasteiger partial charge in [-0.1, -0.05) is 35.9 Å². The molecule has 0 amide bonds. The molecule has 168 valence electrons. The fourth-order valence-electron chi connectivity index (χ4n) is 3.39. The summed E-state index contributed by atoms with van der Waals surface area (Å²) in [4.78, 5) is 2.47. The molecule has 1 heterocycles. The van der Waals surface area contributed by atoms with Crippen molar-refractivity contribution in [2.75, 3.05) is 46.5 Å². The van der Waals surface area contributed by atoms with Gasteiger partial charge in [-0.05, 0) is 49.7 Å². The van der Waals surface area contributed by atoms with E-state index in [0.29, 0.717) is 6.61 Å². The Balaban J connectivity index is 0.00000225. The molecule has 2 aromatic rings. The van der Waals surface area contributed by atoms with Gasteiger partial charge in [0, 0.05) is 19.6 Å². The molecule has 0 aromatic heterocycles. The van der Waals surface area contributed by atoms with Gasteiger partial charge in [0.15, 0.2) is 11.5 Å². The molecule has 0 atom stereocenters. The van der Waals surface area contributed by atoms with Crippen LogP contribution in [0.1, 0.15) is 23.1 Å². The summed E-state index contributed by atoms with van der Waals surface area (Å²) in [6, 6.07) is 14.5. The van der Waals surface area contributed by atoms with Gasteiger partial charge >= 0.3 is 0 Å². The van der Waals surface area contributed by atoms with Crippen molar-refractivity contribution >= 4 is 24.8 Å². The summed E-state index contributed by atoms with van der Waals surface area (Å²) in [6.07, 6.45) is 1.15. The molecule has 2 aromatic carbocycles. The molecular formula is C23H34Cl2N2O3. The highest BCUT2D eigenvalue weighted by molar-refractivity contribution is 5.85. The Labute approximate surface area is 192 Å². The van der Waals surface area contributed by atoms with Gasteiger partial charge in [0.1, 0.15) is 6.61 Å². The fraction of sp³-hybridized carbons (Fsp3) is 0.478. The van der Waals surface area contributed by atoms with E-state index in [1.54, 1.807) is 7.11 Å². The zero-order valence-electron chi connectivity index (χ0n) is 17.9. The molecule has 0 radical (unpaired) electrons. The lowest BCUT2D eigenvalue weighted by atomic mass is 10.1. The lowest BCUT2D eigenvalue weighted by molar-refractivity contribution is 0.0374. The van der Waals surface area contributed by atoms with Crippen molar-refractivity contribution in [1.82, 2.24) is 10.2 Å². The van der Waals surface area contributed by atoms with E-state index in [-0.39, 0.29) is 24.8 Å². The van der Waals surface area contributed by atoms with Crippen LogP contribution in [0.4, 0.5) is 0 Å². The number of morpholine rings is 1. The predicted molar refractivity (Wildman–Crippen MR) is 127 cm³/mol. The molecule has 5 nitrogen and oxygen atoms in total. The van der Waals surface area contributed by atoms with E-state index in [1.165, 1.54) is 11.1 Å². The highest BCUT2D eigenvalue weighted by atomic mass is 35.5. The van der Waals surface area contributed by atoms with Crippen LogP contribution in [-0.2, 0) is 17.9 Å². The van der Waals surface area contributed by atoms with Gasteiger partial charge in [-0.15, -0.1) is 24.8 Å². The smallest absolute Gasteiger partial charge is 0.161 e. The first-order chi connectivity index (χ1) is 13.7. The second kappa shape index (κ2) is 14.5. The minimum Gasteiger partial charge on any atom is -0.493 e. The van der Waals surface area contributed by atoms with Crippen molar-refractivity contribution in [2.45, 2.75) is 26.5 Å². The number of hydrogen-bond donors (Lipinski definition) is 1. The van der Waals surface area contributed by atoms with Crippen LogP contribution >= 0.6 is 24.8 Å². The van der Waals surface area contributed by atoms with Crippen molar-refractivity contribution in [2.24, 2.45) is 0 Å². The van der Waals surface area contributed by atoms with Gasteiger partial charge in [-0.2, -0.15) is 0 Å². The molecule has 0 unspecified atom stereocenters. The topological polar surface area (TPSA) is 43.0 Å². The summed E-state index contributed by atoms with van der Waals surface area (Å²) >= 11 is 0. The van der Waals surface area contributed by atoms with Crippen LogP contribution in [-0.4, -0.2) is 51.4 Å². The molecular weight excluding hydrogens is 423 g/mol. The number of nitrogens with zero attached hydrogens (tertiary/aromatic N) is 1. The first kappa shape index (κ1) is 26.5. The van der Waals surface area contributed by atoms with Crippen LogP contribution in [0, 0.1) is 6.92 Å². The number of rotatable bonds is 10. The molecule has 1 aliphatic heterocycles. The molecule has 0 spiro atoms. The molecule has 1 N–H and O–H groups in total. The first-order valence-corrected chi connectivity index (χ1v) is 10.1. The monoisotopic (exact) mass is 456 g/mol. The molecule has 30 heavy (non-hydrogen) atoms. The van der Waals surface area contributed by atoms with Crippen LogP contribution in [0.5, 0.6) is 11.5 Å². The first-order valence-electron chi connectivity index (χ1n) is 10.1. The standard InChI is InChI=1S/C23H32N2O3.2ClH/c1-19-5-3-6-21(15-19)18-28-22-8-7-20(16-23(22)26-2)17-24-9-4-10-25-11-13-27-14-12-25;;/h3,5-8,15-16,24H,4,9-14,17-18H2,1-2H3;2*1H. The Morgan fingerprint density at radius 3 is 2.53 bits per heavy atom. The van der Waals surface area contributed by atoms with Crippen molar-refractivity contribution < 1.29 is 14.2 Å². The number of aryl methyl sites for hydroxylation is 1. The number of methoxy groups -OCH3 is 1. The number of halogens is 2. The van der Waals surface area contributed by atoms with Crippen molar-refractivity contribution in [1.29, 1.82) is 0 Å². The molecule has 1 fully saturated rings. The van der Waals surface area contributed by atoms with Gasteiger partial charge in [0.25, 0.3) is 0 Å². The second-order valence-corrected chi connectivity index (χ2v) is 7.25. The summed E-state index contributed by atoms with van der Waals surface area (Å²) in [5, 5.41) is 3.52. The van der Waals surface area contributed by atoms with E-state index >= 15 is 0 Å². The Hall–Kier alpha value is -1.50. The second-order valence-electron chi connectivity index (χ2n) is 7.25. The van der Waals surface area contributed by atoms with E-state index < -0.39 is 0 Å². The quantitative estimate of drug-likeness (QED) is 0.541. The van der Waals surface area contributed by atoms with Crippen molar-refractivity contribution in [3.05, 3.63) is 59.2 Å². The van der Waals surface area contributed by atoms with Gasteiger partial charge in [-0.25, -0.2) is 0 Å². The number of hydrogen-bond acceptors (Lipinski definition) is 5. The van der Waals surface area contributed by atoms with E-state index in [0.717, 1.165) is 69.4 Å². The van der Waals surface area contributed by atoms with Crippen molar-refractivity contribution in [3.8, 4) is 11.5 Å². The van der Waals surface area contributed by atoms with Gasteiger partial charge in [0.05, 0.1) is 20.3 Å². The van der Waals surface area contributed by atoms with Crippen molar-refractivity contribution in [3.63, 3.8) is 0 Å². The number of nitrogens with one attached hydrogen (secondary N) is 1. The largest absolute Gasteiger partial charge is 0.493 e. The summed E-state index contributed by atoms with van der Waals surface area (Å²) in [7, 11) is 1.69. The van der Waals surface area contributed by atoms with Crippen LogP contribution in [0.25, 0.3) is 0 Å². The molecule has 0 aliphatic carbocycles. The maximum Gasteiger partial charge on any atom is 0.161 e. The summed E-state index contributed by atoms with van der Waals surface area (Å²) in [5.41, 5.74) is 3.60. The lowest BCUT2D eigenvalue weighted by Crippen LogP contribution is -2.37. The number of benzene rings is 2. The molecule has 3 rings (SSSR count). The molecule has 0 saturated carbocycles. The van der Waals surface area contributed by atoms with Crippen LogP contribution in [0.2, 0.25) is 0 Å². The SMILES string of the molecule is COc1cc(CNCCCN2CCOCC2)ccc1OCc1cccc(C)c1.Cl.Cl. The average molecular weight is 457 g/mol. The van der Waals surface area contributed by atoms with Crippen LogP contribution in [0.3, 0.4) is 0 Å². The molecule has 1 aliphatic rings. The minimum atomic E-state index is 0. The Bertz CT molecular complexity index is 740. The molecule has 1 saturated heterocycles. The van der Waals surface area contributed by atoms with Gasteiger partial charge in [-0.3, -0.25) is 4.90 Å². The predicted octanol–water partition coefficient (Wildman–Crippen LogP) is 4.24. The maximum absolute atomic E-state index is 5.97. The third-order valence-corrected chi connectivity index (χ3v) is 4.97. The third kappa shape index (κ3) is 8.70. The summed E-state index contributed by atoms with van der Waals surface area (Å²) in [5.74, 6) is 1.56. The number of ether oxygens (including phenoxy) is 3. The summed E-state index contributed by atoms with van der Waals surface area (Å²) in [6.45, 7) is 9.44. The average Bonchev–Trinajstić information content (AvgIpc) is 2.73. The maximum atomic E-state index is 5.97. The summed E-state index contributed by atoms with van der Waals surface area (Å²) < 4.78 is 16.9. The Morgan fingerprint density at radius 2 is 1.80 bits per heavy atom. The van der Waals surface area contributed by atoms with E-state index in [2.05, 4.69) is 53.5 Å². The van der Waals surface area contributed by atoms with Crippen LogP contribution in [0.15, 0.2) is 42.5 Å². The molecule has 0 bridgehead atoms. The van der Waals surface area contributed by atoms with Crippen LogP contribution < -0.4 is 14.8 Å². The van der Waals surface area contributed by atoms with E-state index in [9.17, 15) is 0 Å². The highest BCUT2D eigenvalue weighted by Crippen LogP contribution is 2.29. The van der Waals surface area contributed by atoms with E-state index in [4.69, 9.17) is 14.2 Å². The lowest BCUT2D eigenvalue weighted by Gasteiger charge is -2.26. The Kier molecular flexibility index (Phi) is 12.8. The van der Waals surface area contributed by atoms with Gasteiger partial charge < -0.3 is 19.5 Å². The zero-order valence-corrected chi connectivity index (χ0v) is 19.5. The zero-order chi connectivity index (χ0) is 19.6. The third-order valence-electron chi connectivity index (χ3n) is 4.97. The minimum absolute atomic E-state index is 0. The Morgan fingerprint density at radius 1 is 1.00 bits per heavy atom. The molecule has 7 heteroatoms. The highest BCUT2D eigenvalue weighted by Gasteiger charge is 2.09. The fourth-order valence-corrected chi connectivity index (χ4v) is 3.39. The van der Waals surface area contributed by atoms with Gasteiger partial charge in [0.2, 0.25) is 0 Å².